The van der Waals surface area contributed by atoms with Gasteiger partial charge >= 0.3 is 5.70 Å². The van der Waals surface area contributed by atoms with Gasteiger partial charge in [0.25, 0.3) is 6.29 Å². The van der Waals surface area contributed by atoms with Crippen molar-refractivity contribution >= 4 is 0 Å². The zero-order chi connectivity index (χ0) is 18.4. The Labute approximate surface area is 153 Å². The zero-order valence-corrected chi connectivity index (χ0v) is 14.9. The van der Waals surface area contributed by atoms with Gasteiger partial charge in [-0.05, 0) is 6.42 Å². The number of nitro groups is 1. The molecule has 0 spiro atoms. The van der Waals surface area contributed by atoms with Gasteiger partial charge in [-0.3, -0.25) is 10.1 Å². The maximum absolute atomic E-state index is 11.4. The van der Waals surface area contributed by atoms with Gasteiger partial charge in [0.1, 0.15) is 12.2 Å². The molecule has 0 aliphatic carbocycles. The number of nitrogens with zero attached hydrogens (tertiary/aromatic N) is 1. The summed E-state index contributed by atoms with van der Waals surface area (Å²) < 4.78 is 23.0. The Bertz CT molecular complexity index is 620. The molecule has 2 heterocycles. The summed E-state index contributed by atoms with van der Waals surface area (Å²) in [7, 11) is 0. The largest absolute Gasteiger partial charge is 0.346 e. The van der Waals surface area contributed by atoms with Crippen LogP contribution in [0.1, 0.15) is 44.5 Å². The summed E-state index contributed by atoms with van der Waals surface area (Å²) >= 11 is 0. The van der Waals surface area contributed by atoms with Crippen molar-refractivity contribution in [2.45, 2.75) is 57.4 Å². The molecule has 0 radical (unpaired) electrons. The van der Waals surface area contributed by atoms with Crippen molar-refractivity contribution in [2.24, 2.45) is 0 Å². The molecule has 0 unspecified atom stereocenters. The maximum Gasteiger partial charge on any atom is 0.300 e. The van der Waals surface area contributed by atoms with Gasteiger partial charge in [0.2, 0.25) is 0 Å². The van der Waals surface area contributed by atoms with Gasteiger partial charge in [-0.25, -0.2) is 0 Å². The standard InChI is InChI=1S/C19H25NO6/c1-2-3-4-8-11-23-19-15(20(21)22)12-16-17(26-19)13-24-18(25-16)14-9-6-5-7-10-14/h5-7,9-10,12,16-19H,2-4,8,11,13H2,1H3/t16-,17+,18+,19+/m0/s1. The molecule has 1 aromatic rings. The van der Waals surface area contributed by atoms with Gasteiger partial charge in [-0.1, -0.05) is 56.5 Å². The third-order valence-corrected chi connectivity index (χ3v) is 4.48. The van der Waals surface area contributed by atoms with Gasteiger partial charge in [0, 0.05) is 11.6 Å². The Morgan fingerprint density at radius 2 is 2.00 bits per heavy atom. The molecule has 0 saturated carbocycles. The summed E-state index contributed by atoms with van der Waals surface area (Å²) in [5.41, 5.74) is 0.770. The van der Waals surface area contributed by atoms with Gasteiger partial charge in [0.15, 0.2) is 6.29 Å². The van der Waals surface area contributed by atoms with E-state index >= 15 is 0 Å². The minimum absolute atomic E-state index is 0.101. The van der Waals surface area contributed by atoms with Gasteiger partial charge < -0.3 is 18.9 Å². The first-order valence-electron chi connectivity index (χ1n) is 9.14. The number of hydrogen-bond acceptors (Lipinski definition) is 6. The molecule has 26 heavy (non-hydrogen) atoms. The topological polar surface area (TPSA) is 80.1 Å². The van der Waals surface area contributed by atoms with Crippen LogP contribution in [0.2, 0.25) is 0 Å². The predicted molar refractivity (Wildman–Crippen MR) is 93.8 cm³/mol. The maximum atomic E-state index is 11.4. The third kappa shape index (κ3) is 4.67. The molecule has 0 amide bonds. The normalized spacial score (nSPS) is 28.3. The van der Waals surface area contributed by atoms with E-state index in [4.69, 9.17) is 18.9 Å². The number of ether oxygens (including phenoxy) is 4. The molecule has 2 aliphatic rings. The average molecular weight is 363 g/mol. The summed E-state index contributed by atoms with van der Waals surface area (Å²) in [5, 5.41) is 11.4. The van der Waals surface area contributed by atoms with Crippen LogP contribution in [0.3, 0.4) is 0 Å². The molecule has 1 aromatic carbocycles. The fourth-order valence-electron chi connectivity index (χ4n) is 3.06. The first kappa shape index (κ1) is 19.0. The van der Waals surface area contributed by atoms with Crippen LogP contribution < -0.4 is 0 Å². The summed E-state index contributed by atoms with van der Waals surface area (Å²) in [4.78, 5) is 11.0. The van der Waals surface area contributed by atoms with E-state index in [1.165, 1.54) is 6.08 Å². The lowest BCUT2D eigenvalue weighted by Gasteiger charge is -2.38. The fraction of sp³-hybridized carbons (Fsp3) is 0.579. The van der Waals surface area contributed by atoms with Crippen molar-refractivity contribution in [3.63, 3.8) is 0 Å². The second-order valence-corrected chi connectivity index (χ2v) is 6.46. The summed E-state index contributed by atoms with van der Waals surface area (Å²) in [6.07, 6.45) is 3.16. The highest BCUT2D eigenvalue weighted by molar-refractivity contribution is 5.17. The Balaban J connectivity index is 1.64. The second kappa shape index (κ2) is 9.23. The molecule has 3 rings (SSSR count). The lowest BCUT2D eigenvalue weighted by atomic mass is 10.1. The molecule has 142 valence electrons. The number of benzene rings is 1. The first-order valence-corrected chi connectivity index (χ1v) is 9.14. The van der Waals surface area contributed by atoms with Crippen LogP contribution in [0.15, 0.2) is 42.1 Å². The molecule has 7 nitrogen and oxygen atoms in total. The number of fused-ring (bicyclic) bond motifs is 1. The molecule has 1 fully saturated rings. The van der Waals surface area contributed by atoms with E-state index in [0.29, 0.717) is 13.2 Å². The number of rotatable bonds is 8. The van der Waals surface area contributed by atoms with Gasteiger partial charge in [-0.15, -0.1) is 0 Å². The zero-order valence-electron chi connectivity index (χ0n) is 14.9. The fourth-order valence-corrected chi connectivity index (χ4v) is 3.06. The van der Waals surface area contributed by atoms with E-state index in [1.807, 2.05) is 30.3 Å². The number of unbranched alkanes of at least 4 members (excludes halogenated alkanes) is 3. The van der Waals surface area contributed by atoms with E-state index in [0.717, 1.165) is 31.2 Å². The van der Waals surface area contributed by atoms with Crippen molar-refractivity contribution in [1.29, 1.82) is 0 Å². The monoisotopic (exact) mass is 363 g/mol. The lowest BCUT2D eigenvalue weighted by molar-refractivity contribution is -0.459. The van der Waals surface area contributed by atoms with E-state index < -0.39 is 29.7 Å². The summed E-state index contributed by atoms with van der Waals surface area (Å²) in [6, 6.07) is 9.49. The molecule has 0 N–H and O–H groups in total. The molecule has 0 bridgehead atoms. The molecule has 2 aliphatic heterocycles. The van der Waals surface area contributed by atoms with Crippen LogP contribution in [-0.4, -0.2) is 36.6 Å². The van der Waals surface area contributed by atoms with Gasteiger partial charge in [0.05, 0.1) is 18.1 Å². The quantitative estimate of drug-likeness (QED) is 0.399. The first-order chi connectivity index (χ1) is 12.7. The van der Waals surface area contributed by atoms with Crippen molar-refractivity contribution in [1.82, 2.24) is 0 Å². The molecule has 1 saturated heterocycles. The SMILES string of the molecule is CCCCCCO[C@@H]1O[C@@H]2CO[C@@H](c3ccccc3)O[C@H]2C=C1[N+](=O)[O-]. The third-order valence-electron chi connectivity index (χ3n) is 4.48. The van der Waals surface area contributed by atoms with Crippen molar-refractivity contribution < 1.29 is 23.9 Å². The van der Waals surface area contributed by atoms with Crippen LogP contribution in [0.4, 0.5) is 0 Å². The van der Waals surface area contributed by atoms with E-state index in [2.05, 4.69) is 6.92 Å². The second-order valence-electron chi connectivity index (χ2n) is 6.46. The van der Waals surface area contributed by atoms with Gasteiger partial charge in [-0.2, -0.15) is 0 Å². The van der Waals surface area contributed by atoms with E-state index in [9.17, 15) is 10.1 Å². The minimum atomic E-state index is -0.978. The minimum Gasteiger partial charge on any atom is -0.346 e. The summed E-state index contributed by atoms with van der Waals surface area (Å²) in [5.74, 6) is 0. The Hall–Kier alpha value is -1.80. The highest BCUT2D eigenvalue weighted by Gasteiger charge is 2.43. The smallest absolute Gasteiger partial charge is 0.300 e. The van der Waals surface area contributed by atoms with Crippen LogP contribution in [0.25, 0.3) is 0 Å². The van der Waals surface area contributed by atoms with E-state index in [1.54, 1.807) is 0 Å². The van der Waals surface area contributed by atoms with Crippen molar-refractivity contribution in [3.05, 3.63) is 57.8 Å². The average Bonchev–Trinajstić information content (AvgIpc) is 2.67. The van der Waals surface area contributed by atoms with Crippen LogP contribution in [0, 0.1) is 10.1 Å². The number of hydrogen-bond donors (Lipinski definition) is 0. The highest BCUT2D eigenvalue weighted by atomic mass is 16.7. The summed E-state index contributed by atoms with van der Waals surface area (Å²) in [6.45, 7) is 2.85. The van der Waals surface area contributed by atoms with Crippen LogP contribution >= 0.6 is 0 Å². The van der Waals surface area contributed by atoms with Crippen LogP contribution in [0.5, 0.6) is 0 Å². The molecular weight excluding hydrogens is 338 g/mol. The van der Waals surface area contributed by atoms with Crippen molar-refractivity contribution in [3.8, 4) is 0 Å². The Kier molecular flexibility index (Phi) is 6.73. The van der Waals surface area contributed by atoms with Crippen LogP contribution in [-0.2, 0) is 18.9 Å². The Morgan fingerprint density at radius 1 is 1.19 bits per heavy atom. The molecule has 0 aromatic heterocycles. The molecular formula is C19H25NO6. The predicted octanol–water partition coefficient (Wildman–Crippen LogP) is 3.58. The Morgan fingerprint density at radius 3 is 2.73 bits per heavy atom. The highest BCUT2D eigenvalue weighted by Crippen LogP contribution is 2.33. The van der Waals surface area contributed by atoms with Crippen molar-refractivity contribution in [2.75, 3.05) is 13.2 Å². The molecule has 7 heteroatoms. The lowest BCUT2D eigenvalue weighted by Crippen LogP contribution is -2.48. The van der Waals surface area contributed by atoms with E-state index in [-0.39, 0.29) is 5.70 Å². The molecule has 4 atom stereocenters.